The van der Waals surface area contributed by atoms with E-state index in [9.17, 15) is 39.6 Å². The Bertz CT molecular complexity index is 1120. The monoisotopic (exact) mass is 1230 g/mol. The van der Waals surface area contributed by atoms with E-state index in [1.807, 2.05) is 0 Å². The predicted molar refractivity (Wildman–Crippen MR) is 350 cm³/mol. The molecule has 4 unspecified atom stereocenters. The summed E-state index contributed by atoms with van der Waals surface area (Å²) in [6.07, 6.45) is 67.7. The Balaban J connectivity index is -0.000000246. The second kappa shape index (κ2) is 83.8. The summed E-state index contributed by atoms with van der Waals surface area (Å²) in [6.45, 7) is 9.02. The molecule has 0 saturated carbocycles. The molecule has 0 heterocycles. The minimum atomic E-state index is -1.34. The van der Waals surface area contributed by atoms with E-state index < -0.39 is 48.3 Å². The Hall–Kier alpha value is -1.15. The van der Waals surface area contributed by atoms with E-state index >= 15 is 0 Å². The van der Waals surface area contributed by atoms with Crippen LogP contribution in [0.25, 0.3) is 0 Å². The van der Waals surface area contributed by atoms with Gasteiger partial charge in [0.15, 0.2) is 0 Å². The van der Waals surface area contributed by atoms with Crippen LogP contribution in [0.4, 0.5) is 0 Å². The molecular formula is C72H140AlLiO12. The molecule has 0 aromatic heterocycles. The van der Waals surface area contributed by atoms with Gasteiger partial charge in [-0.3, -0.25) is 0 Å². The Morgan fingerprint density at radius 1 is 0.209 bits per heavy atom. The largest absolute Gasteiger partial charge is 3.00 e. The molecule has 0 aromatic rings. The van der Waals surface area contributed by atoms with Crippen molar-refractivity contribution in [3.8, 4) is 0 Å². The van der Waals surface area contributed by atoms with E-state index in [-0.39, 0.29) is 36.2 Å². The van der Waals surface area contributed by atoms with Crippen LogP contribution in [0.3, 0.4) is 0 Å². The number of hydrogen-bond donors (Lipinski definition) is 4. The molecule has 14 heteroatoms. The maximum Gasteiger partial charge on any atom is 3.00 e. The van der Waals surface area contributed by atoms with Crippen LogP contribution < -0.4 is 39.3 Å². The first kappa shape index (κ1) is 96.0. The van der Waals surface area contributed by atoms with Crippen molar-refractivity contribution < 1.29 is 78.9 Å². The van der Waals surface area contributed by atoms with Crippen LogP contribution in [-0.4, -0.2) is 86.1 Å². The Kier molecular flexibility index (Phi) is 93.6. The summed E-state index contributed by atoms with van der Waals surface area (Å²) in [5, 5.41) is 77.4. The minimum Gasteiger partial charge on any atom is -0.547 e. The summed E-state index contributed by atoms with van der Waals surface area (Å²) in [5.74, 6) is -5.37. The molecule has 4 N–H and O–H groups in total. The van der Waals surface area contributed by atoms with Gasteiger partial charge < -0.3 is 60.0 Å². The zero-order valence-corrected chi connectivity index (χ0v) is 58.5. The van der Waals surface area contributed by atoms with Crippen LogP contribution >= 0.6 is 0 Å². The van der Waals surface area contributed by atoms with Crippen LogP contribution in [0.1, 0.15) is 413 Å². The van der Waals surface area contributed by atoms with Crippen molar-refractivity contribution in [2.75, 3.05) is 0 Å². The molecule has 0 spiro atoms. The van der Waals surface area contributed by atoms with E-state index in [1.54, 1.807) is 0 Å². The van der Waals surface area contributed by atoms with Crippen molar-refractivity contribution in [1.29, 1.82) is 0 Å². The van der Waals surface area contributed by atoms with Crippen molar-refractivity contribution in [3.63, 3.8) is 0 Å². The molecule has 86 heavy (non-hydrogen) atoms. The van der Waals surface area contributed by atoms with Gasteiger partial charge in [0.1, 0.15) is 0 Å². The predicted octanol–water partition coefficient (Wildman–Crippen LogP) is 12.5. The summed E-state index contributed by atoms with van der Waals surface area (Å²) in [7, 11) is 0. The third kappa shape index (κ3) is 89.3. The molecule has 0 bridgehead atoms. The molecule has 0 aromatic carbocycles. The first-order valence-corrected chi connectivity index (χ1v) is 36.3. The number of rotatable bonds is 64. The molecule has 0 rings (SSSR count). The number of hydrogen-bond acceptors (Lipinski definition) is 12. The standard InChI is InChI=1S/4C18H36O3.Al.Li/c4*1-2-3-4-5-6-7-8-9-10-11-12-13-14-15-16-17(19)18(20)21;;/h4*17,19H,2-16H2,1H3,(H,20,21);;/q;;;;+3;+1/p-4. The molecule has 0 aliphatic rings. The smallest absolute Gasteiger partial charge is 0.547 e. The number of aliphatic hydroxyl groups excluding tert-OH is 4. The zero-order valence-electron chi connectivity index (χ0n) is 57.4. The number of unbranched alkanes of at least 4 members (excludes halogenated alkanes) is 52. The molecule has 0 amide bonds. The second-order valence-electron chi connectivity index (χ2n) is 24.9. The number of aliphatic carboxylic acids is 4. The fourth-order valence-electron chi connectivity index (χ4n) is 10.6. The summed E-state index contributed by atoms with van der Waals surface area (Å²) in [6, 6.07) is 0. The van der Waals surface area contributed by atoms with Gasteiger partial charge in [0, 0.05) is 0 Å². The van der Waals surface area contributed by atoms with Crippen LogP contribution in [0.5, 0.6) is 0 Å². The van der Waals surface area contributed by atoms with Gasteiger partial charge in [-0.2, -0.15) is 0 Å². The Morgan fingerprint density at radius 3 is 0.372 bits per heavy atom. The van der Waals surface area contributed by atoms with Gasteiger partial charge in [0.2, 0.25) is 0 Å². The summed E-state index contributed by atoms with van der Waals surface area (Å²) in [5.41, 5.74) is 0. The Morgan fingerprint density at radius 2 is 0.291 bits per heavy atom. The molecule has 0 saturated heterocycles. The van der Waals surface area contributed by atoms with E-state index in [0.29, 0.717) is 25.7 Å². The van der Waals surface area contributed by atoms with Gasteiger partial charge in [0.05, 0.1) is 48.3 Å². The minimum absolute atomic E-state index is 0. The molecule has 0 radical (unpaired) electrons. The van der Waals surface area contributed by atoms with Crippen LogP contribution in [0.15, 0.2) is 0 Å². The molecule has 4 atom stereocenters. The number of aliphatic hydroxyl groups is 4. The van der Waals surface area contributed by atoms with Crippen molar-refractivity contribution in [1.82, 2.24) is 0 Å². The maximum absolute atomic E-state index is 10.3. The molecule has 0 aliphatic carbocycles. The maximum atomic E-state index is 10.3. The average molecular weight is 1230 g/mol. The van der Waals surface area contributed by atoms with E-state index in [2.05, 4.69) is 27.7 Å². The van der Waals surface area contributed by atoms with Crippen molar-refractivity contribution in [3.05, 3.63) is 0 Å². The van der Waals surface area contributed by atoms with E-state index in [1.165, 1.54) is 283 Å². The molecule has 504 valence electrons. The topological polar surface area (TPSA) is 241 Å². The number of carboxylic acid groups (broad SMARTS) is 4. The second-order valence-corrected chi connectivity index (χ2v) is 24.9. The average Bonchev–Trinajstić information content (AvgIpc) is 3.47. The van der Waals surface area contributed by atoms with Crippen LogP contribution in [0, 0.1) is 0 Å². The normalized spacial score (nSPS) is 12.2. The van der Waals surface area contributed by atoms with E-state index in [0.717, 1.165) is 77.0 Å². The third-order valence-corrected chi connectivity index (χ3v) is 16.4. The van der Waals surface area contributed by atoms with Crippen LogP contribution in [0.2, 0.25) is 0 Å². The van der Waals surface area contributed by atoms with Gasteiger partial charge in [0.25, 0.3) is 0 Å². The van der Waals surface area contributed by atoms with Gasteiger partial charge in [-0.1, -0.05) is 387 Å². The zero-order chi connectivity index (χ0) is 63.0. The third-order valence-electron chi connectivity index (χ3n) is 16.4. The molecular weight excluding hydrogens is 1090 g/mol. The SMILES string of the molecule is CCCCCCCCCCCCCCCCC(O)C(=O)[O-].CCCCCCCCCCCCCCCCC(O)C(=O)[O-].CCCCCCCCCCCCCCCCC(O)C(=O)[O-].CCCCCCCCCCCCCCCCC(O)C(=O)[O-].[Al+3].[Li+]. The van der Waals surface area contributed by atoms with Gasteiger partial charge in [-0.25, -0.2) is 0 Å². The number of carboxylic acids is 4. The summed E-state index contributed by atoms with van der Waals surface area (Å²) >= 11 is 0. The van der Waals surface area contributed by atoms with Crippen molar-refractivity contribution >= 4 is 41.2 Å². The van der Waals surface area contributed by atoms with Gasteiger partial charge in [-0.15, -0.1) is 0 Å². The van der Waals surface area contributed by atoms with Crippen molar-refractivity contribution in [2.24, 2.45) is 0 Å². The summed E-state index contributed by atoms with van der Waals surface area (Å²) in [4.78, 5) is 41.2. The molecule has 0 aliphatic heterocycles. The van der Waals surface area contributed by atoms with Crippen molar-refractivity contribution in [2.45, 2.75) is 437 Å². The van der Waals surface area contributed by atoms with Gasteiger partial charge in [-0.05, 0) is 25.7 Å². The van der Waals surface area contributed by atoms with Gasteiger partial charge >= 0.3 is 36.2 Å². The first-order valence-electron chi connectivity index (χ1n) is 36.3. The summed E-state index contributed by atoms with van der Waals surface area (Å²) < 4.78 is 0. The number of carbonyl (C=O) groups is 4. The first-order chi connectivity index (χ1) is 40.7. The number of carbonyl (C=O) groups excluding carboxylic acids is 4. The quantitative estimate of drug-likeness (QED) is 0.0328. The van der Waals surface area contributed by atoms with Crippen LogP contribution in [-0.2, 0) is 19.2 Å². The van der Waals surface area contributed by atoms with E-state index in [4.69, 9.17) is 20.4 Å². The fraction of sp³-hybridized carbons (Fsp3) is 0.944. The molecule has 0 fully saturated rings. The molecule has 12 nitrogen and oxygen atoms in total. The fourth-order valence-corrected chi connectivity index (χ4v) is 10.6. The Labute approximate surface area is 554 Å².